The normalized spacial score (nSPS) is 10.8. The van der Waals surface area contributed by atoms with Crippen LogP contribution in [-0.2, 0) is 0 Å². The first-order chi connectivity index (χ1) is 10.2. The van der Waals surface area contributed by atoms with Gasteiger partial charge in [-0.25, -0.2) is 4.98 Å². The smallest absolute Gasteiger partial charge is 0.194 e. The number of carbonyl (C=O) groups excluding carboxylic acids is 1. The third-order valence-corrected chi connectivity index (χ3v) is 4.31. The molecular weight excluding hydrogens is 288 g/mol. The number of imidazole rings is 1. The summed E-state index contributed by atoms with van der Waals surface area (Å²) >= 11 is 1.55. The van der Waals surface area contributed by atoms with Crippen molar-refractivity contribution in [1.82, 2.24) is 9.38 Å². The van der Waals surface area contributed by atoms with E-state index in [2.05, 4.69) is 4.98 Å². The SMILES string of the molecule is COc1ccc(-c2c(C)sc3ncc(C=O)n23)cc1OC. The summed E-state index contributed by atoms with van der Waals surface area (Å²) in [5, 5.41) is 0. The van der Waals surface area contributed by atoms with E-state index in [0.717, 1.165) is 27.4 Å². The number of nitrogens with zero attached hydrogens (tertiary/aromatic N) is 2. The molecule has 3 rings (SSSR count). The zero-order valence-electron chi connectivity index (χ0n) is 11.9. The monoisotopic (exact) mass is 302 g/mol. The van der Waals surface area contributed by atoms with Gasteiger partial charge in [-0.1, -0.05) is 0 Å². The molecule has 0 atom stereocenters. The lowest BCUT2D eigenvalue weighted by molar-refractivity contribution is 0.111. The van der Waals surface area contributed by atoms with Gasteiger partial charge >= 0.3 is 0 Å². The molecule has 108 valence electrons. The Labute approximate surface area is 125 Å². The van der Waals surface area contributed by atoms with Crippen molar-refractivity contribution in [2.45, 2.75) is 6.92 Å². The molecule has 2 aromatic heterocycles. The van der Waals surface area contributed by atoms with Crippen LogP contribution in [0.2, 0.25) is 0 Å². The highest BCUT2D eigenvalue weighted by atomic mass is 32.1. The molecule has 0 spiro atoms. The number of aryl methyl sites for hydroxylation is 1. The zero-order valence-corrected chi connectivity index (χ0v) is 12.7. The summed E-state index contributed by atoms with van der Waals surface area (Å²) in [6.07, 6.45) is 2.40. The van der Waals surface area contributed by atoms with E-state index in [4.69, 9.17) is 9.47 Å². The lowest BCUT2D eigenvalue weighted by Gasteiger charge is -2.10. The Kier molecular flexibility index (Phi) is 3.39. The first-order valence-corrected chi connectivity index (χ1v) is 7.15. The van der Waals surface area contributed by atoms with Crippen LogP contribution < -0.4 is 9.47 Å². The molecule has 0 bridgehead atoms. The van der Waals surface area contributed by atoms with Gasteiger partial charge in [-0.05, 0) is 25.1 Å². The molecule has 3 aromatic rings. The standard InChI is InChI=1S/C15H14N2O3S/c1-9-14(17-11(8-18)7-16-15(17)21-9)10-4-5-12(19-2)13(6-10)20-3/h4-8H,1-3H3. The minimum atomic E-state index is 0.541. The van der Waals surface area contributed by atoms with Crippen LogP contribution in [0, 0.1) is 6.92 Å². The quantitative estimate of drug-likeness (QED) is 0.694. The fourth-order valence-corrected chi connectivity index (χ4v) is 3.36. The number of benzene rings is 1. The molecule has 0 saturated carbocycles. The van der Waals surface area contributed by atoms with Gasteiger partial charge in [-0.3, -0.25) is 9.20 Å². The molecule has 0 aliphatic heterocycles. The van der Waals surface area contributed by atoms with E-state index in [-0.39, 0.29) is 0 Å². The van der Waals surface area contributed by atoms with Gasteiger partial charge in [-0.15, -0.1) is 11.3 Å². The molecule has 2 heterocycles. The highest BCUT2D eigenvalue weighted by molar-refractivity contribution is 7.17. The Balaban J connectivity index is 2.26. The number of aromatic nitrogens is 2. The minimum Gasteiger partial charge on any atom is -0.493 e. The van der Waals surface area contributed by atoms with Crippen molar-refractivity contribution < 1.29 is 14.3 Å². The molecule has 0 radical (unpaired) electrons. The first kappa shape index (κ1) is 13.6. The van der Waals surface area contributed by atoms with Gasteiger partial charge in [0.25, 0.3) is 0 Å². The fourth-order valence-electron chi connectivity index (χ4n) is 2.39. The molecule has 0 aliphatic rings. The van der Waals surface area contributed by atoms with Crippen molar-refractivity contribution in [3.8, 4) is 22.8 Å². The Morgan fingerprint density at radius 3 is 2.67 bits per heavy atom. The molecular formula is C15H14N2O3S. The van der Waals surface area contributed by atoms with Crippen LogP contribution in [-0.4, -0.2) is 29.9 Å². The van der Waals surface area contributed by atoms with Crippen molar-refractivity contribution in [2.24, 2.45) is 0 Å². The first-order valence-electron chi connectivity index (χ1n) is 6.34. The summed E-state index contributed by atoms with van der Waals surface area (Å²) in [7, 11) is 3.21. The van der Waals surface area contributed by atoms with E-state index in [9.17, 15) is 4.79 Å². The summed E-state index contributed by atoms with van der Waals surface area (Å²) in [4.78, 5) is 17.4. The molecule has 0 fully saturated rings. The zero-order chi connectivity index (χ0) is 15.0. The average Bonchev–Trinajstić information content (AvgIpc) is 3.04. The second-order valence-electron chi connectivity index (χ2n) is 4.50. The third kappa shape index (κ3) is 2.08. The van der Waals surface area contributed by atoms with Crippen molar-refractivity contribution in [2.75, 3.05) is 14.2 Å². The number of fused-ring (bicyclic) bond motifs is 1. The molecule has 0 unspecified atom stereocenters. The number of thiazole rings is 1. The number of methoxy groups -OCH3 is 2. The topological polar surface area (TPSA) is 52.8 Å². The van der Waals surface area contributed by atoms with Crippen molar-refractivity contribution >= 4 is 22.6 Å². The lowest BCUT2D eigenvalue weighted by atomic mass is 10.1. The van der Waals surface area contributed by atoms with E-state index in [1.165, 1.54) is 0 Å². The largest absolute Gasteiger partial charge is 0.493 e. The van der Waals surface area contributed by atoms with Gasteiger partial charge in [0.2, 0.25) is 0 Å². The Bertz CT molecular complexity index is 820. The predicted molar refractivity (Wildman–Crippen MR) is 81.7 cm³/mol. The summed E-state index contributed by atoms with van der Waals surface area (Å²) < 4.78 is 12.5. The van der Waals surface area contributed by atoms with E-state index in [0.29, 0.717) is 17.2 Å². The fraction of sp³-hybridized carbons (Fsp3) is 0.200. The van der Waals surface area contributed by atoms with Gasteiger partial charge in [0, 0.05) is 10.4 Å². The molecule has 0 amide bonds. The Morgan fingerprint density at radius 1 is 1.24 bits per heavy atom. The second-order valence-corrected chi connectivity index (χ2v) is 5.68. The van der Waals surface area contributed by atoms with Crippen LogP contribution in [0.3, 0.4) is 0 Å². The van der Waals surface area contributed by atoms with Gasteiger partial charge < -0.3 is 9.47 Å². The van der Waals surface area contributed by atoms with E-state index < -0.39 is 0 Å². The number of hydrogen-bond donors (Lipinski definition) is 0. The van der Waals surface area contributed by atoms with Crippen LogP contribution in [0.15, 0.2) is 24.4 Å². The number of ether oxygens (including phenoxy) is 2. The molecule has 5 nitrogen and oxygen atoms in total. The summed E-state index contributed by atoms with van der Waals surface area (Å²) in [5.74, 6) is 1.33. The number of hydrogen-bond acceptors (Lipinski definition) is 5. The number of aldehydes is 1. The van der Waals surface area contributed by atoms with Gasteiger partial charge in [0.1, 0.15) is 5.69 Å². The van der Waals surface area contributed by atoms with Crippen LogP contribution in [0.25, 0.3) is 16.2 Å². The van der Waals surface area contributed by atoms with Gasteiger partial charge in [-0.2, -0.15) is 0 Å². The highest BCUT2D eigenvalue weighted by Crippen LogP contribution is 2.36. The van der Waals surface area contributed by atoms with Crippen molar-refractivity contribution in [3.05, 3.63) is 35.0 Å². The molecule has 0 N–H and O–H groups in total. The van der Waals surface area contributed by atoms with Gasteiger partial charge in [0.15, 0.2) is 22.7 Å². The Morgan fingerprint density at radius 2 is 2.00 bits per heavy atom. The number of rotatable bonds is 4. The summed E-state index contributed by atoms with van der Waals surface area (Å²) in [6, 6.07) is 5.71. The maximum atomic E-state index is 11.2. The Hall–Kier alpha value is -2.34. The van der Waals surface area contributed by atoms with E-state index >= 15 is 0 Å². The lowest BCUT2D eigenvalue weighted by Crippen LogP contribution is -1.95. The molecule has 0 aliphatic carbocycles. The highest BCUT2D eigenvalue weighted by Gasteiger charge is 2.17. The predicted octanol–water partition coefficient (Wildman–Crippen LogP) is 3.20. The van der Waals surface area contributed by atoms with Crippen LogP contribution in [0.5, 0.6) is 11.5 Å². The molecule has 0 saturated heterocycles. The molecule has 1 aromatic carbocycles. The molecule has 6 heteroatoms. The van der Waals surface area contributed by atoms with Crippen molar-refractivity contribution in [1.29, 1.82) is 0 Å². The van der Waals surface area contributed by atoms with Crippen molar-refractivity contribution in [3.63, 3.8) is 0 Å². The van der Waals surface area contributed by atoms with E-state index in [1.54, 1.807) is 31.8 Å². The minimum absolute atomic E-state index is 0.541. The van der Waals surface area contributed by atoms with Gasteiger partial charge in [0.05, 0.1) is 26.1 Å². The maximum absolute atomic E-state index is 11.2. The van der Waals surface area contributed by atoms with Crippen LogP contribution in [0.4, 0.5) is 0 Å². The maximum Gasteiger partial charge on any atom is 0.194 e. The average molecular weight is 302 g/mol. The van der Waals surface area contributed by atoms with E-state index in [1.807, 2.05) is 29.5 Å². The number of carbonyl (C=O) groups is 1. The summed E-state index contributed by atoms with van der Waals surface area (Å²) in [5.41, 5.74) is 2.45. The molecule has 21 heavy (non-hydrogen) atoms. The third-order valence-electron chi connectivity index (χ3n) is 3.34. The van der Waals surface area contributed by atoms with Crippen LogP contribution >= 0.6 is 11.3 Å². The summed E-state index contributed by atoms with van der Waals surface area (Å²) in [6.45, 7) is 2.01. The second kappa shape index (κ2) is 5.21. The van der Waals surface area contributed by atoms with Crippen LogP contribution in [0.1, 0.15) is 15.4 Å².